The summed E-state index contributed by atoms with van der Waals surface area (Å²) in [5, 5.41) is 3.56. The fourth-order valence-corrected chi connectivity index (χ4v) is 2.48. The van der Waals surface area contributed by atoms with E-state index < -0.39 is 0 Å². The van der Waals surface area contributed by atoms with Gasteiger partial charge in [-0.1, -0.05) is 19.3 Å². The molecular weight excluding hydrogens is 186 g/mol. The molecular formula is C13H21NO. The summed E-state index contributed by atoms with van der Waals surface area (Å²) in [6, 6.07) is 4.60. The van der Waals surface area contributed by atoms with Crippen LogP contribution in [0.25, 0.3) is 0 Å². The highest BCUT2D eigenvalue weighted by atomic mass is 16.3. The summed E-state index contributed by atoms with van der Waals surface area (Å²) in [6.45, 7) is 3.17. The molecule has 0 bridgehead atoms. The van der Waals surface area contributed by atoms with Crippen LogP contribution in [-0.4, -0.2) is 6.04 Å². The quantitative estimate of drug-likeness (QED) is 0.819. The van der Waals surface area contributed by atoms with Gasteiger partial charge in [-0.15, -0.1) is 0 Å². The first-order valence-electron chi connectivity index (χ1n) is 6.12. The zero-order valence-electron chi connectivity index (χ0n) is 9.54. The molecule has 1 aliphatic carbocycles. The molecule has 84 valence electrons. The molecule has 1 atom stereocenters. The Kier molecular flexibility index (Phi) is 3.84. The number of hydrogen-bond donors (Lipinski definition) is 1. The first-order valence-corrected chi connectivity index (χ1v) is 6.12. The van der Waals surface area contributed by atoms with Gasteiger partial charge in [0.05, 0.1) is 12.8 Å². The maximum absolute atomic E-state index is 5.31. The van der Waals surface area contributed by atoms with Crippen LogP contribution < -0.4 is 5.32 Å². The van der Waals surface area contributed by atoms with E-state index in [-0.39, 0.29) is 0 Å². The van der Waals surface area contributed by atoms with Crippen molar-refractivity contribution in [1.82, 2.24) is 5.32 Å². The van der Waals surface area contributed by atoms with Crippen LogP contribution in [-0.2, 0) is 6.54 Å². The molecule has 2 heteroatoms. The van der Waals surface area contributed by atoms with Gasteiger partial charge in [-0.05, 0) is 37.8 Å². The number of furan rings is 1. The minimum Gasteiger partial charge on any atom is -0.468 e. The fraction of sp³-hybridized carbons (Fsp3) is 0.692. The van der Waals surface area contributed by atoms with Crippen LogP contribution in [0.5, 0.6) is 0 Å². The third-order valence-electron chi connectivity index (χ3n) is 3.54. The zero-order chi connectivity index (χ0) is 10.5. The van der Waals surface area contributed by atoms with Crippen molar-refractivity contribution in [3.63, 3.8) is 0 Å². The second kappa shape index (κ2) is 5.36. The van der Waals surface area contributed by atoms with Gasteiger partial charge < -0.3 is 9.73 Å². The second-order valence-electron chi connectivity index (χ2n) is 4.65. The van der Waals surface area contributed by atoms with Crippen LogP contribution in [0.2, 0.25) is 0 Å². The third-order valence-corrected chi connectivity index (χ3v) is 3.54. The molecule has 0 aromatic carbocycles. The van der Waals surface area contributed by atoms with Crippen LogP contribution in [0, 0.1) is 5.92 Å². The summed E-state index contributed by atoms with van der Waals surface area (Å²) >= 11 is 0. The van der Waals surface area contributed by atoms with Gasteiger partial charge in [-0.2, -0.15) is 0 Å². The summed E-state index contributed by atoms with van der Waals surface area (Å²) in [7, 11) is 0. The van der Waals surface area contributed by atoms with Gasteiger partial charge in [-0.3, -0.25) is 0 Å². The molecule has 0 saturated heterocycles. The molecule has 1 aromatic heterocycles. The summed E-state index contributed by atoms with van der Waals surface area (Å²) in [6.07, 6.45) is 8.79. The molecule has 1 aromatic rings. The highest BCUT2D eigenvalue weighted by Crippen LogP contribution is 2.26. The first kappa shape index (κ1) is 10.7. The lowest BCUT2D eigenvalue weighted by molar-refractivity contribution is 0.275. The van der Waals surface area contributed by atoms with E-state index in [0.717, 1.165) is 18.2 Å². The van der Waals surface area contributed by atoms with Crippen molar-refractivity contribution in [3.8, 4) is 0 Å². The van der Waals surface area contributed by atoms with E-state index in [1.807, 2.05) is 12.1 Å². The normalized spacial score (nSPS) is 20.3. The highest BCUT2D eigenvalue weighted by Gasteiger charge is 2.19. The van der Waals surface area contributed by atoms with Crippen molar-refractivity contribution >= 4 is 0 Å². The minimum atomic E-state index is 0.621. The SMILES string of the molecule is C[C@@H](NCc1ccco1)C1CCCCC1. The third kappa shape index (κ3) is 3.10. The van der Waals surface area contributed by atoms with E-state index in [1.54, 1.807) is 6.26 Å². The Hall–Kier alpha value is -0.760. The molecule has 1 N–H and O–H groups in total. The van der Waals surface area contributed by atoms with Crippen LogP contribution in [0.15, 0.2) is 22.8 Å². The first-order chi connectivity index (χ1) is 7.36. The molecule has 1 saturated carbocycles. The lowest BCUT2D eigenvalue weighted by Crippen LogP contribution is -2.34. The number of rotatable bonds is 4. The number of nitrogens with one attached hydrogen (secondary N) is 1. The van der Waals surface area contributed by atoms with Crippen molar-refractivity contribution in [3.05, 3.63) is 24.2 Å². The van der Waals surface area contributed by atoms with Gasteiger partial charge in [0.1, 0.15) is 5.76 Å². The summed E-state index contributed by atoms with van der Waals surface area (Å²) in [5.41, 5.74) is 0. The average molecular weight is 207 g/mol. The van der Waals surface area contributed by atoms with Crippen molar-refractivity contribution in [2.75, 3.05) is 0 Å². The molecule has 0 spiro atoms. The molecule has 15 heavy (non-hydrogen) atoms. The molecule has 1 aliphatic rings. The van der Waals surface area contributed by atoms with Gasteiger partial charge >= 0.3 is 0 Å². The Morgan fingerprint density at radius 2 is 2.20 bits per heavy atom. The summed E-state index contributed by atoms with van der Waals surface area (Å²) in [5.74, 6) is 1.91. The average Bonchev–Trinajstić information content (AvgIpc) is 2.80. The lowest BCUT2D eigenvalue weighted by Gasteiger charge is -2.28. The summed E-state index contributed by atoms with van der Waals surface area (Å²) in [4.78, 5) is 0. The van der Waals surface area contributed by atoms with Gasteiger partial charge in [0, 0.05) is 6.04 Å². The van der Waals surface area contributed by atoms with E-state index >= 15 is 0 Å². The van der Waals surface area contributed by atoms with E-state index in [9.17, 15) is 0 Å². The predicted molar refractivity (Wildman–Crippen MR) is 61.6 cm³/mol. The Morgan fingerprint density at radius 1 is 1.40 bits per heavy atom. The van der Waals surface area contributed by atoms with Crippen LogP contribution >= 0.6 is 0 Å². The Bertz CT molecular complexity index is 262. The van der Waals surface area contributed by atoms with E-state index in [2.05, 4.69) is 12.2 Å². The lowest BCUT2D eigenvalue weighted by atomic mass is 9.84. The van der Waals surface area contributed by atoms with Crippen molar-refractivity contribution < 1.29 is 4.42 Å². The second-order valence-corrected chi connectivity index (χ2v) is 4.65. The molecule has 0 unspecified atom stereocenters. The topological polar surface area (TPSA) is 25.2 Å². The Labute approximate surface area is 92.1 Å². The highest BCUT2D eigenvalue weighted by molar-refractivity contribution is 4.97. The Balaban J connectivity index is 1.74. The maximum atomic E-state index is 5.31. The van der Waals surface area contributed by atoms with Crippen molar-refractivity contribution in [1.29, 1.82) is 0 Å². The van der Waals surface area contributed by atoms with Crippen LogP contribution in [0.3, 0.4) is 0 Å². The molecule has 0 radical (unpaired) electrons. The molecule has 2 rings (SSSR count). The van der Waals surface area contributed by atoms with Gasteiger partial charge in [0.2, 0.25) is 0 Å². The van der Waals surface area contributed by atoms with Crippen LogP contribution in [0.4, 0.5) is 0 Å². The molecule has 2 nitrogen and oxygen atoms in total. The molecule has 1 fully saturated rings. The molecule has 0 amide bonds. The zero-order valence-corrected chi connectivity index (χ0v) is 9.54. The Morgan fingerprint density at radius 3 is 2.87 bits per heavy atom. The predicted octanol–water partition coefficient (Wildman–Crippen LogP) is 3.34. The molecule has 0 aliphatic heterocycles. The van der Waals surface area contributed by atoms with Gasteiger partial charge in [0.25, 0.3) is 0 Å². The van der Waals surface area contributed by atoms with E-state index in [1.165, 1.54) is 32.1 Å². The van der Waals surface area contributed by atoms with Crippen molar-refractivity contribution in [2.45, 2.75) is 51.6 Å². The van der Waals surface area contributed by atoms with E-state index in [4.69, 9.17) is 4.42 Å². The van der Waals surface area contributed by atoms with Crippen molar-refractivity contribution in [2.24, 2.45) is 5.92 Å². The monoisotopic (exact) mass is 207 g/mol. The van der Waals surface area contributed by atoms with E-state index in [0.29, 0.717) is 6.04 Å². The smallest absolute Gasteiger partial charge is 0.117 e. The standard InChI is InChI=1S/C13H21NO/c1-11(12-6-3-2-4-7-12)14-10-13-8-5-9-15-13/h5,8-9,11-12,14H,2-4,6-7,10H2,1H3/t11-/m1/s1. The van der Waals surface area contributed by atoms with Gasteiger partial charge in [-0.25, -0.2) is 0 Å². The van der Waals surface area contributed by atoms with Gasteiger partial charge in [0.15, 0.2) is 0 Å². The van der Waals surface area contributed by atoms with Crippen LogP contribution in [0.1, 0.15) is 44.8 Å². The minimum absolute atomic E-state index is 0.621. The largest absolute Gasteiger partial charge is 0.468 e. The molecule has 1 heterocycles. The number of hydrogen-bond acceptors (Lipinski definition) is 2. The maximum Gasteiger partial charge on any atom is 0.117 e. The summed E-state index contributed by atoms with van der Waals surface area (Å²) < 4.78 is 5.31. The fourth-order valence-electron chi connectivity index (χ4n) is 2.48.